The summed E-state index contributed by atoms with van der Waals surface area (Å²) in [6.07, 6.45) is 0.897. The number of para-hydroxylation sites is 1. The van der Waals surface area contributed by atoms with Crippen LogP contribution in [0.15, 0.2) is 48.5 Å². The predicted molar refractivity (Wildman–Crippen MR) is 95.4 cm³/mol. The zero-order chi connectivity index (χ0) is 16.9. The summed E-state index contributed by atoms with van der Waals surface area (Å²) in [6, 6.07) is 15.2. The second kappa shape index (κ2) is 7.17. The Bertz CT molecular complexity index is 758. The Labute approximate surface area is 141 Å². The van der Waals surface area contributed by atoms with Gasteiger partial charge in [0.05, 0.1) is 6.54 Å². The van der Waals surface area contributed by atoms with Crippen LogP contribution < -0.4 is 15.5 Å². The summed E-state index contributed by atoms with van der Waals surface area (Å²) in [5.41, 5.74) is 3.56. The van der Waals surface area contributed by atoms with Crippen LogP contribution in [0, 0.1) is 0 Å². The quantitative estimate of drug-likeness (QED) is 0.888. The van der Waals surface area contributed by atoms with Crippen molar-refractivity contribution < 1.29 is 9.59 Å². The van der Waals surface area contributed by atoms with E-state index in [4.69, 9.17) is 0 Å². The standard InChI is InChI=1S/C19H21N3O2/c1-2-20-19(24)15-7-5-8-16(12-15)21-13-18(23)22-11-10-14-6-3-4-9-17(14)22/h3-9,12,21H,2,10-11,13H2,1H3,(H,20,24). The molecule has 0 aliphatic carbocycles. The maximum Gasteiger partial charge on any atom is 0.251 e. The molecule has 5 nitrogen and oxygen atoms in total. The Hall–Kier alpha value is -2.82. The number of nitrogens with one attached hydrogen (secondary N) is 2. The van der Waals surface area contributed by atoms with E-state index in [1.165, 1.54) is 5.56 Å². The van der Waals surface area contributed by atoms with Crippen molar-refractivity contribution in [1.82, 2.24) is 5.32 Å². The minimum atomic E-state index is -0.110. The molecule has 0 aromatic heterocycles. The maximum atomic E-state index is 12.5. The van der Waals surface area contributed by atoms with Crippen molar-refractivity contribution in [3.63, 3.8) is 0 Å². The van der Waals surface area contributed by atoms with E-state index >= 15 is 0 Å². The fraction of sp³-hybridized carbons (Fsp3) is 0.263. The summed E-state index contributed by atoms with van der Waals surface area (Å²) >= 11 is 0. The lowest BCUT2D eigenvalue weighted by Crippen LogP contribution is -2.34. The van der Waals surface area contributed by atoms with E-state index in [1.807, 2.05) is 42.2 Å². The SMILES string of the molecule is CCNC(=O)c1cccc(NCC(=O)N2CCc3ccccc32)c1. The van der Waals surface area contributed by atoms with E-state index in [0.29, 0.717) is 12.1 Å². The van der Waals surface area contributed by atoms with Gasteiger partial charge in [-0.15, -0.1) is 0 Å². The summed E-state index contributed by atoms with van der Waals surface area (Å²) < 4.78 is 0. The van der Waals surface area contributed by atoms with Crippen molar-refractivity contribution in [1.29, 1.82) is 0 Å². The molecule has 0 spiro atoms. The third-order valence-corrected chi connectivity index (χ3v) is 4.09. The zero-order valence-electron chi connectivity index (χ0n) is 13.7. The lowest BCUT2D eigenvalue weighted by Gasteiger charge is -2.18. The first-order chi connectivity index (χ1) is 11.7. The molecule has 0 saturated heterocycles. The van der Waals surface area contributed by atoms with Gasteiger partial charge in [0.15, 0.2) is 0 Å². The highest BCUT2D eigenvalue weighted by atomic mass is 16.2. The molecular weight excluding hydrogens is 302 g/mol. The summed E-state index contributed by atoms with van der Waals surface area (Å²) in [4.78, 5) is 26.2. The van der Waals surface area contributed by atoms with E-state index < -0.39 is 0 Å². The molecule has 5 heteroatoms. The van der Waals surface area contributed by atoms with Gasteiger partial charge in [0.25, 0.3) is 5.91 Å². The van der Waals surface area contributed by atoms with Gasteiger partial charge in [-0.3, -0.25) is 9.59 Å². The van der Waals surface area contributed by atoms with Crippen molar-refractivity contribution in [2.75, 3.05) is 29.9 Å². The molecule has 0 saturated carbocycles. The predicted octanol–water partition coefficient (Wildman–Crippen LogP) is 2.44. The average Bonchev–Trinajstić information content (AvgIpc) is 3.04. The molecule has 0 atom stereocenters. The van der Waals surface area contributed by atoms with Gasteiger partial charge in [-0.05, 0) is 43.2 Å². The van der Waals surface area contributed by atoms with Crippen LogP contribution in [0.1, 0.15) is 22.8 Å². The molecule has 0 fully saturated rings. The van der Waals surface area contributed by atoms with E-state index in [-0.39, 0.29) is 18.4 Å². The third kappa shape index (κ3) is 3.40. The molecule has 2 aromatic carbocycles. The van der Waals surface area contributed by atoms with Crippen LogP contribution in [0.3, 0.4) is 0 Å². The van der Waals surface area contributed by atoms with Crippen molar-refractivity contribution in [2.45, 2.75) is 13.3 Å². The first-order valence-electron chi connectivity index (χ1n) is 8.19. The number of hydrogen-bond donors (Lipinski definition) is 2. The van der Waals surface area contributed by atoms with E-state index in [0.717, 1.165) is 24.3 Å². The minimum Gasteiger partial charge on any atom is -0.376 e. The molecule has 24 heavy (non-hydrogen) atoms. The van der Waals surface area contributed by atoms with Gasteiger partial charge in [-0.25, -0.2) is 0 Å². The van der Waals surface area contributed by atoms with Gasteiger partial charge in [0.2, 0.25) is 5.91 Å². The van der Waals surface area contributed by atoms with Crippen LogP contribution in [-0.4, -0.2) is 31.4 Å². The van der Waals surface area contributed by atoms with E-state index in [1.54, 1.807) is 12.1 Å². The first kappa shape index (κ1) is 16.1. The van der Waals surface area contributed by atoms with Gasteiger partial charge in [0.1, 0.15) is 0 Å². The molecule has 0 bridgehead atoms. The van der Waals surface area contributed by atoms with Gasteiger partial charge < -0.3 is 15.5 Å². The highest BCUT2D eigenvalue weighted by molar-refractivity contribution is 5.98. The maximum absolute atomic E-state index is 12.5. The van der Waals surface area contributed by atoms with Crippen LogP contribution in [0.5, 0.6) is 0 Å². The van der Waals surface area contributed by atoms with E-state index in [9.17, 15) is 9.59 Å². The molecule has 2 amide bonds. The normalized spacial score (nSPS) is 12.6. The lowest BCUT2D eigenvalue weighted by atomic mass is 10.2. The van der Waals surface area contributed by atoms with Crippen LogP contribution in [0.4, 0.5) is 11.4 Å². The third-order valence-electron chi connectivity index (χ3n) is 4.09. The van der Waals surface area contributed by atoms with Gasteiger partial charge in [-0.2, -0.15) is 0 Å². The number of carbonyl (C=O) groups is 2. The summed E-state index contributed by atoms with van der Waals surface area (Å²) in [5, 5.41) is 5.89. The molecule has 124 valence electrons. The second-order valence-corrected chi connectivity index (χ2v) is 5.72. The van der Waals surface area contributed by atoms with E-state index in [2.05, 4.69) is 16.7 Å². The van der Waals surface area contributed by atoms with Gasteiger partial charge in [0, 0.05) is 30.0 Å². The number of hydrogen-bond acceptors (Lipinski definition) is 3. The van der Waals surface area contributed by atoms with Crippen LogP contribution in [0.25, 0.3) is 0 Å². The van der Waals surface area contributed by atoms with Gasteiger partial charge in [-0.1, -0.05) is 24.3 Å². The number of rotatable bonds is 5. The molecule has 2 aromatic rings. The second-order valence-electron chi connectivity index (χ2n) is 5.72. The van der Waals surface area contributed by atoms with Crippen LogP contribution in [-0.2, 0) is 11.2 Å². The molecule has 0 unspecified atom stereocenters. The fourth-order valence-electron chi connectivity index (χ4n) is 2.90. The Balaban J connectivity index is 1.63. The number of benzene rings is 2. The Morgan fingerprint density at radius 2 is 1.96 bits per heavy atom. The smallest absolute Gasteiger partial charge is 0.251 e. The Kier molecular flexibility index (Phi) is 4.79. The lowest BCUT2D eigenvalue weighted by molar-refractivity contribution is -0.116. The topological polar surface area (TPSA) is 61.4 Å². The molecule has 1 aliphatic rings. The number of nitrogens with zero attached hydrogens (tertiary/aromatic N) is 1. The summed E-state index contributed by atoms with van der Waals surface area (Å²) in [7, 11) is 0. The van der Waals surface area contributed by atoms with Crippen LogP contribution >= 0.6 is 0 Å². The number of anilines is 2. The number of amides is 2. The minimum absolute atomic E-state index is 0.0309. The average molecular weight is 323 g/mol. The first-order valence-corrected chi connectivity index (χ1v) is 8.19. The zero-order valence-corrected chi connectivity index (χ0v) is 13.7. The molecule has 2 N–H and O–H groups in total. The highest BCUT2D eigenvalue weighted by Crippen LogP contribution is 2.27. The largest absolute Gasteiger partial charge is 0.376 e. The molecule has 0 radical (unpaired) electrons. The molecule has 1 heterocycles. The summed E-state index contributed by atoms with van der Waals surface area (Å²) in [5.74, 6) is -0.0793. The van der Waals surface area contributed by atoms with Gasteiger partial charge >= 0.3 is 0 Å². The Morgan fingerprint density at radius 3 is 2.79 bits per heavy atom. The Morgan fingerprint density at radius 1 is 1.12 bits per heavy atom. The molecule has 3 rings (SSSR count). The summed E-state index contributed by atoms with van der Waals surface area (Å²) in [6.45, 7) is 3.39. The number of fused-ring (bicyclic) bond motifs is 1. The highest BCUT2D eigenvalue weighted by Gasteiger charge is 2.23. The molecule has 1 aliphatic heterocycles. The molecular formula is C19H21N3O2. The van der Waals surface area contributed by atoms with Crippen LogP contribution in [0.2, 0.25) is 0 Å². The van der Waals surface area contributed by atoms with Crippen molar-refractivity contribution in [3.05, 3.63) is 59.7 Å². The van der Waals surface area contributed by atoms with Crippen molar-refractivity contribution in [3.8, 4) is 0 Å². The van der Waals surface area contributed by atoms with Crippen molar-refractivity contribution >= 4 is 23.2 Å². The monoisotopic (exact) mass is 323 g/mol. The van der Waals surface area contributed by atoms with Crippen molar-refractivity contribution in [2.24, 2.45) is 0 Å². The fourth-order valence-corrected chi connectivity index (χ4v) is 2.90. The number of carbonyl (C=O) groups excluding carboxylic acids is 2.